The molecule has 0 saturated carbocycles. The summed E-state index contributed by atoms with van der Waals surface area (Å²) in [5.74, 6) is -1.22. The van der Waals surface area contributed by atoms with Gasteiger partial charge in [0.2, 0.25) is 0 Å². The number of nitriles is 1. The Bertz CT molecular complexity index is 366. The first-order chi connectivity index (χ1) is 9.24. The SMILES string of the molecule is C=C(C)C(=O)O.C=C(C)C(=O)OCCCC.C=CC#N. The molecule has 112 valence electrons. The highest BCUT2D eigenvalue weighted by Gasteiger charge is 2.00. The summed E-state index contributed by atoms with van der Waals surface area (Å²) in [7, 11) is 0. The van der Waals surface area contributed by atoms with Crippen LogP contribution >= 0.6 is 0 Å². The topological polar surface area (TPSA) is 87.4 Å². The number of rotatable bonds is 5. The Morgan fingerprint density at radius 1 is 1.30 bits per heavy atom. The number of esters is 1. The summed E-state index contributed by atoms with van der Waals surface area (Å²) in [6.45, 7) is 15.4. The molecule has 0 fully saturated rings. The molecule has 0 heterocycles. The predicted octanol–water partition coefficient (Wildman–Crippen LogP) is 3.25. The number of hydrogen-bond donors (Lipinski definition) is 1. The zero-order valence-electron chi connectivity index (χ0n) is 12.4. The molecule has 5 nitrogen and oxygen atoms in total. The Hall–Kier alpha value is -2.35. The molecule has 0 radical (unpaired) electrons. The number of carboxylic acid groups (broad SMARTS) is 1. The number of allylic oxidation sites excluding steroid dienone is 1. The number of ether oxygens (including phenoxy) is 1. The van der Waals surface area contributed by atoms with E-state index in [-0.39, 0.29) is 11.5 Å². The number of carboxylic acids is 1. The van der Waals surface area contributed by atoms with Gasteiger partial charge in [-0.05, 0) is 20.3 Å². The van der Waals surface area contributed by atoms with E-state index >= 15 is 0 Å². The van der Waals surface area contributed by atoms with Crippen molar-refractivity contribution >= 4 is 11.9 Å². The Morgan fingerprint density at radius 2 is 1.70 bits per heavy atom. The van der Waals surface area contributed by atoms with Gasteiger partial charge in [-0.3, -0.25) is 0 Å². The Balaban J connectivity index is -0.000000246. The molecule has 0 unspecified atom stereocenters. The van der Waals surface area contributed by atoms with Crippen molar-refractivity contribution in [2.45, 2.75) is 33.6 Å². The van der Waals surface area contributed by atoms with Crippen LogP contribution in [-0.2, 0) is 14.3 Å². The highest BCUT2D eigenvalue weighted by Crippen LogP contribution is 1.94. The van der Waals surface area contributed by atoms with Crippen LogP contribution in [0, 0.1) is 11.3 Å². The fourth-order valence-electron chi connectivity index (χ4n) is 0.432. The summed E-state index contributed by atoms with van der Waals surface area (Å²) in [5.41, 5.74) is 0.645. The van der Waals surface area contributed by atoms with Gasteiger partial charge in [0.25, 0.3) is 0 Å². The molecule has 0 atom stereocenters. The molecule has 20 heavy (non-hydrogen) atoms. The highest BCUT2D eigenvalue weighted by atomic mass is 16.5. The van der Waals surface area contributed by atoms with Gasteiger partial charge in [0, 0.05) is 17.2 Å². The van der Waals surface area contributed by atoms with E-state index < -0.39 is 5.97 Å². The fourth-order valence-corrected chi connectivity index (χ4v) is 0.432. The van der Waals surface area contributed by atoms with Crippen LogP contribution in [0.4, 0.5) is 0 Å². The van der Waals surface area contributed by atoms with Gasteiger partial charge in [0.1, 0.15) is 0 Å². The molecule has 0 aliphatic carbocycles. The minimum Gasteiger partial charge on any atom is -0.478 e. The van der Waals surface area contributed by atoms with Gasteiger partial charge in [-0.15, -0.1) is 0 Å². The van der Waals surface area contributed by atoms with Crippen molar-refractivity contribution in [3.8, 4) is 6.07 Å². The summed E-state index contributed by atoms with van der Waals surface area (Å²) < 4.78 is 4.81. The largest absolute Gasteiger partial charge is 0.478 e. The third-order valence-corrected chi connectivity index (χ3v) is 1.54. The van der Waals surface area contributed by atoms with E-state index in [1.165, 1.54) is 13.0 Å². The number of carbonyl (C=O) groups excluding carboxylic acids is 1. The van der Waals surface area contributed by atoms with Crippen molar-refractivity contribution in [3.05, 3.63) is 37.0 Å². The van der Waals surface area contributed by atoms with E-state index in [1.807, 2.05) is 0 Å². The van der Waals surface area contributed by atoms with Crippen LogP contribution in [0.2, 0.25) is 0 Å². The van der Waals surface area contributed by atoms with E-state index in [9.17, 15) is 9.59 Å². The lowest BCUT2D eigenvalue weighted by atomic mass is 10.3. The van der Waals surface area contributed by atoms with Gasteiger partial charge in [-0.25, -0.2) is 9.59 Å². The van der Waals surface area contributed by atoms with Crippen LogP contribution in [0.3, 0.4) is 0 Å². The summed E-state index contributed by atoms with van der Waals surface area (Å²) in [6, 6.07) is 1.69. The number of hydrogen-bond acceptors (Lipinski definition) is 4. The second-order valence-electron chi connectivity index (χ2n) is 3.69. The maximum atomic E-state index is 10.7. The Morgan fingerprint density at radius 3 is 1.90 bits per heavy atom. The number of carbonyl (C=O) groups is 2. The molecule has 0 spiro atoms. The van der Waals surface area contributed by atoms with E-state index in [1.54, 1.807) is 13.0 Å². The maximum Gasteiger partial charge on any atom is 0.333 e. The van der Waals surface area contributed by atoms with Gasteiger partial charge in [-0.2, -0.15) is 5.26 Å². The second-order valence-corrected chi connectivity index (χ2v) is 3.69. The molecule has 0 rings (SSSR count). The fraction of sp³-hybridized carbons (Fsp3) is 0.400. The van der Waals surface area contributed by atoms with Gasteiger partial charge in [0.05, 0.1) is 12.7 Å². The molecule has 1 N–H and O–H groups in total. The first-order valence-corrected chi connectivity index (χ1v) is 5.96. The van der Waals surface area contributed by atoms with Crippen molar-refractivity contribution in [1.82, 2.24) is 0 Å². The van der Waals surface area contributed by atoms with Crippen LogP contribution in [-0.4, -0.2) is 23.7 Å². The molecule has 0 aliphatic rings. The van der Waals surface area contributed by atoms with Crippen molar-refractivity contribution in [3.63, 3.8) is 0 Å². The van der Waals surface area contributed by atoms with Crippen LogP contribution in [0.15, 0.2) is 37.0 Å². The molecule has 0 aromatic heterocycles. The number of aliphatic carboxylic acids is 1. The standard InChI is InChI=1S/C8H14O2.C4H6O2.C3H3N/c1-4-5-6-10-8(9)7(2)3;1-3(2)4(5)6;1-2-3-4/h2,4-6H2,1,3H3;1H2,2H3,(H,5,6);2H,1H2. The summed E-state index contributed by atoms with van der Waals surface area (Å²) >= 11 is 0. The van der Waals surface area contributed by atoms with Crippen LogP contribution in [0.5, 0.6) is 0 Å². The van der Waals surface area contributed by atoms with Crippen LogP contribution < -0.4 is 0 Å². The average Bonchev–Trinajstić information content (AvgIpc) is 2.39. The molecule has 0 amide bonds. The first kappa shape index (κ1) is 22.8. The molecular formula is C15H23NO4. The Labute approximate surface area is 120 Å². The van der Waals surface area contributed by atoms with Gasteiger partial charge < -0.3 is 9.84 Å². The van der Waals surface area contributed by atoms with E-state index in [4.69, 9.17) is 15.1 Å². The number of nitrogens with zero attached hydrogens (tertiary/aromatic N) is 1. The minimum atomic E-state index is -0.935. The third kappa shape index (κ3) is 24.7. The second kappa shape index (κ2) is 16.6. The van der Waals surface area contributed by atoms with Crippen molar-refractivity contribution in [2.75, 3.05) is 6.61 Å². The van der Waals surface area contributed by atoms with Gasteiger partial charge in [0.15, 0.2) is 0 Å². The molecular weight excluding hydrogens is 258 g/mol. The lowest BCUT2D eigenvalue weighted by Crippen LogP contribution is -2.05. The van der Waals surface area contributed by atoms with Crippen LogP contribution in [0.1, 0.15) is 33.6 Å². The molecule has 5 heteroatoms. The molecule has 0 aliphatic heterocycles. The van der Waals surface area contributed by atoms with Crippen molar-refractivity contribution < 1.29 is 19.4 Å². The molecule has 0 aromatic rings. The van der Waals surface area contributed by atoms with Crippen molar-refractivity contribution in [2.24, 2.45) is 0 Å². The average molecular weight is 281 g/mol. The summed E-state index contributed by atoms with van der Waals surface area (Å²) in [5, 5.41) is 15.4. The molecule has 0 bridgehead atoms. The molecule has 0 aromatic carbocycles. The normalized spacial score (nSPS) is 7.50. The van der Waals surface area contributed by atoms with E-state index in [2.05, 4.69) is 26.7 Å². The van der Waals surface area contributed by atoms with E-state index in [0.29, 0.717) is 12.2 Å². The van der Waals surface area contributed by atoms with E-state index in [0.717, 1.165) is 12.8 Å². The third-order valence-electron chi connectivity index (χ3n) is 1.54. The predicted molar refractivity (Wildman–Crippen MR) is 78.9 cm³/mol. The lowest BCUT2D eigenvalue weighted by Gasteiger charge is -2.01. The highest BCUT2D eigenvalue weighted by molar-refractivity contribution is 5.86. The van der Waals surface area contributed by atoms with Gasteiger partial charge >= 0.3 is 11.9 Å². The lowest BCUT2D eigenvalue weighted by molar-refractivity contribution is -0.139. The summed E-state index contributed by atoms with van der Waals surface area (Å²) in [4.78, 5) is 20.3. The smallest absolute Gasteiger partial charge is 0.333 e. The minimum absolute atomic E-state index is 0.176. The monoisotopic (exact) mass is 281 g/mol. The van der Waals surface area contributed by atoms with Crippen LogP contribution in [0.25, 0.3) is 0 Å². The number of unbranched alkanes of at least 4 members (excludes halogenated alkanes) is 1. The first-order valence-electron chi connectivity index (χ1n) is 5.96. The molecule has 0 saturated heterocycles. The Kier molecular flexibility index (Phi) is 19.0. The van der Waals surface area contributed by atoms with Crippen molar-refractivity contribution in [1.29, 1.82) is 5.26 Å². The maximum absolute atomic E-state index is 10.7. The zero-order valence-corrected chi connectivity index (χ0v) is 12.4. The summed E-state index contributed by atoms with van der Waals surface area (Å²) in [6.07, 6.45) is 3.16. The quantitative estimate of drug-likeness (QED) is 0.362. The zero-order chi connectivity index (χ0) is 16.6. The van der Waals surface area contributed by atoms with Gasteiger partial charge in [-0.1, -0.05) is 33.1 Å².